The highest BCUT2D eigenvalue weighted by Gasteiger charge is 2.22. The van der Waals surface area contributed by atoms with Gasteiger partial charge in [0.25, 0.3) is 0 Å². The van der Waals surface area contributed by atoms with Crippen molar-refractivity contribution in [2.45, 2.75) is 26.3 Å². The highest BCUT2D eigenvalue weighted by atomic mass is 32.1. The van der Waals surface area contributed by atoms with Crippen molar-refractivity contribution in [2.75, 3.05) is 52.5 Å². The molecule has 2 fully saturated rings. The molecule has 0 saturated carbocycles. The van der Waals surface area contributed by atoms with Gasteiger partial charge in [-0.2, -0.15) is 0 Å². The van der Waals surface area contributed by atoms with Crippen LogP contribution in [0.4, 0.5) is 0 Å². The number of hydrogen-bond acceptors (Lipinski definition) is 6. The van der Waals surface area contributed by atoms with Crippen molar-refractivity contribution in [1.29, 1.82) is 0 Å². The van der Waals surface area contributed by atoms with Crippen LogP contribution in [0.15, 0.2) is 5.51 Å². The first-order valence-corrected chi connectivity index (χ1v) is 9.78. The zero-order valence-electron chi connectivity index (χ0n) is 14.5. The van der Waals surface area contributed by atoms with Gasteiger partial charge in [0.1, 0.15) is 0 Å². The number of nitrogens with one attached hydrogen (secondary N) is 1. The Kier molecular flexibility index (Phi) is 6.59. The van der Waals surface area contributed by atoms with Gasteiger partial charge >= 0.3 is 0 Å². The Morgan fingerprint density at radius 2 is 2.33 bits per heavy atom. The Labute approximate surface area is 148 Å². The number of ether oxygens (including phenoxy) is 1. The Morgan fingerprint density at radius 1 is 1.50 bits per heavy atom. The number of aromatic nitrogens is 1. The van der Waals surface area contributed by atoms with E-state index < -0.39 is 0 Å². The minimum Gasteiger partial charge on any atom is -0.378 e. The van der Waals surface area contributed by atoms with Crippen molar-refractivity contribution in [3.05, 3.63) is 16.1 Å². The second kappa shape index (κ2) is 8.89. The van der Waals surface area contributed by atoms with Crippen molar-refractivity contribution in [2.24, 2.45) is 5.92 Å². The molecule has 3 heterocycles. The molecular formula is C17H28N4O2S. The molecule has 0 bridgehead atoms. The van der Waals surface area contributed by atoms with E-state index in [1.54, 1.807) is 11.3 Å². The molecule has 7 heteroatoms. The molecule has 1 atom stereocenters. The molecule has 0 radical (unpaired) electrons. The van der Waals surface area contributed by atoms with Crippen LogP contribution in [0.5, 0.6) is 0 Å². The fraction of sp³-hybridized carbons (Fsp3) is 0.765. The molecule has 2 aliphatic rings. The SMILES string of the molecule is Cc1ncsc1CN(CCC(=O)N1CCOCC1)CC1CCNC1. The van der Waals surface area contributed by atoms with Gasteiger partial charge in [-0.15, -0.1) is 11.3 Å². The maximum absolute atomic E-state index is 12.4. The molecule has 3 rings (SSSR count). The maximum atomic E-state index is 12.4. The number of rotatable bonds is 7. The average Bonchev–Trinajstić information content (AvgIpc) is 3.25. The fourth-order valence-electron chi connectivity index (χ4n) is 3.38. The number of amides is 1. The molecule has 24 heavy (non-hydrogen) atoms. The summed E-state index contributed by atoms with van der Waals surface area (Å²) in [7, 11) is 0. The number of nitrogens with zero attached hydrogens (tertiary/aromatic N) is 3. The Balaban J connectivity index is 1.54. The van der Waals surface area contributed by atoms with Gasteiger partial charge in [0.05, 0.1) is 24.4 Å². The topological polar surface area (TPSA) is 57.7 Å². The van der Waals surface area contributed by atoms with E-state index in [-0.39, 0.29) is 5.91 Å². The van der Waals surface area contributed by atoms with E-state index in [0.29, 0.717) is 25.6 Å². The lowest BCUT2D eigenvalue weighted by molar-refractivity contribution is -0.135. The van der Waals surface area contributed by atoms with E-state index in [4.69, 9.17) is 4.74 Å². The van der Waals surface area contributed by atoms with Crippen LogP contribution in [0.1, 0.15) is 23.4 Å². The lowest BCUT2D eigenvalue weighted by atomic mass is 10.1. The third kappa shape index (κ3) is 4.99. The van der Waals surface area contributed by atoms with E-state index in [1.165, 1.54) is 11.3 Å². The van der Waals surface area contributed by atoms with Crippen LogP contribution in [0.25, 0.3) is 0 Å². The van der Waals surface area contributed by atoms with Crippen LogP contribution in [0.3, 0.4) is 0 Å². The summed E-state index contributed by atoms with van der Waals surface area (Å²) in [5.74, 6) is 0.950. The molecule has 134 valence electrons. The first-order valence-electron chi connectivity index (χ1n) is 8.90. The van der Waals surface area contributed by atoms with E-state index in [9.17, 15) is 4.79 Å². The molecule has 0 spiro atoms. The summed E-state index contributed by atoms with van der Waals surface area (Å²) in [6.45, 7) is 9.87. The summed E-state index contributed by atoms with van der Waals surface area (Å²) in [4.78, 5) is 22.5. The summed E-state index contributed by atoms with van der Waals surface area (Å²) in [6.07, 6.45) is 1.83. The van der Waals surface area contributed by atoms with Gasteiger partial charge in [-0.25, -0.2) is 4.98 Å². The monoisotopic (exact) mass is 352 g/mol. The van der Waals surface area contributed by atoms with Gasteiger partial charge in [0.2, 0.25) is 5.91 Å². The Hall–Kier alpha value is -1.02. The number of carbonyl (C=O) groups excluding carboxylic acids is 1. The predicted octanol–water partition coefficient (Wildman–Crippen LogP) is 1.11. The third-order valence-corrected chi connectivity index (χ3v) is 5.82. The second-order valence-corrected chi connectivity index (χ2v) is 7.64. The Morgan fingerprint density at radius 3 is 3.00 bits per heavy atom. The molecule has 2 aliphatic heterocycles. The minimum atomic E-state index is 0.258. The smallest absolute Gasteiger partial charge is 0.224 e. The van der Waals surface area contributed by atoms with Crippen LogP contribution in [-0.2, 0) is 16.1 Å². The molecule has 1 aromatic rings. The molecule has 1 N–H and O–H groups in total. The van der Waals surface area contributed by atoms with Crippen molar-refractivity contribution >= 4 is 17.2 Å². The third-order valence-electron chi connectivity index (χ3n) is 4.90. The van der Waals surface area contributed by atoms with E-state index in [0.717, 1.165) is 51.5 Å². The zero-order chi connectivity index (χ0) is 16.8. The molecular weight excluding hydrogens is 324 g/mol. The molecule has 0 aromatic carbocycles. The molecule has 2 saturated heterocycles. The van der Waals surface area contributed by atoms with Gasteiger partial charge in [-0.3, -0.25) is 9.69 Å². The van der Waals surface area contributed by atoms with Crippen molar-refractivity contribution < 1.29 is 9.53 Å². The average molecular weight is 353 g/mol. The second-order valence-electron chi connectivity index (χ2n) is 6.70. The molecule has 1 unspecified atom stereocenters. The number of thiazole rings is 1. The van der Waals surface area contributed by atoms with Crippen LogP contribution < -0.4 is 5.32 Å². The van der Waals surface area contributed by atoms with Gasteiger partial charge < -0.3 is 15.0 Å². The van der Waals surface area contributed by atoms with Crippen LogP contribution in [-0.4, -0.2) is 73.2 Å². The minimum absolute atomic E-state index is 0.258. The lowest BCUT2D eigenvalue weighted by Gasteiger charge is -2.29. The van der Waals surface area contributed by atoms with Crippen molar-refractivity contribution in [3.63, 3.8) is 0 Å². The standard InChI is InChI=1S/C17H28N4O2S/c1-14-16(24-13-19-14)12-20(11-15-2-4-18-10-15)5-3-17(22)21-6-8-23-9-7-21/h13,15,18H,2-12H2,1H3. The fourth-order valence-corrected chi connectivity index (χ4v) is 4.19. The van der Waals surface area contributed by atoms with Crippen LogP contribution in [0, 0.1) is 12.8 Å². The first-order chi connectivity index (χ1) is 11.7. The van der Waals surface area contributed by atoms with Crippen LogP contribution >= 0.6 is 11.3 Å². The quantitative estimate of drug-likeness (QED) is 0.797. The van der Waals surface area contributed by atoms with Gasteiger partial charge in [0.15, 0.2) is 0 Å². The van der Waals surface area contributed by atoms with E-state index in [1.807, 2.05) is 10.4 Å². The molecule has 6 nitrogen and oxygen atoms in total. The van der Waals surface area contributed by atoms with Gasteiger partial charge in [0, 0.05) is 44.0 Å². The number of carbonyl (C=O) groups is 1. The summed E-state index contributed by atoms with van der Waals surface area (Å²) in [5.41, 5.74) is 3.04. The molecule has 0 aliphatic carbocycles. The van der Waals surface area contributed by atoms with Crippen LogP contribution in [0.2, 0.25) is 0 Å². The summed E-state index contributed by atoms with van der Waals surface area (Å²) in [6, 6.07) is 0. The van der Waals surface area contributed by atoms with E-state index in [2.05, 4.69) is 22.1 Å². The number of morpholine rings is 1. The normalized spacial score (nSPS) is 21.6. The highest BCUT2D eigenvalue weighted by Crippen LogP contribution is 2.18. The van der Waals surface area contributed by atoms with Crippen molar-refractivity contribution in [3.8, 4) is 0 Å². The van der Waals surface area contributed by atoms with Gasteiger partial charge in [-0.05, 0) is 32.4 Å². The first kappa shape index (κ1) is 17.8. The van der Waals surface area contributed by atoms with E-state index >= 15 is 0 Å². The lowest BCUT2D eigenvalue weighted by Crippen LogP contribution is -2.42. The highest BCUT2D eigenvalue weighted by molar-refractivity contribution is 7.09. The van der Waals surface area contributed by atoms with Gasteiger partial charge in [-0.1, -0.05) is 0 Å². The summed E-state index contributed by atoms with van der Waals surface area (Å²) in [5, 5.41) is 3.44. The zero-order valence-corrected chi connectivity index (χ0v) is 15.3. The largest absolute Gasteiger partial charge is 0.378 e. The predicted molar refractivity (Wildman–Crippen MR) is 95.1 cm³/mol. The Bertz CT molecular complexity index is 524. The number of aryl methyl sites for hydroxylation is 1. The molecule has 1 aromatic heterocycles. The maximum Gasteiger partial charge on any atom is 0.224 e. The summed E-state index contributed by atoms with van der Waals surface area (Å²) >= 11 is 1.72. The summed E-state index contributed by atoms with van der Waals surface area (Å²) < 4.78 is 5.33. The van der Waals surface area contributed by atoms with Crippen molar-refractivity contribution in [1.82, 2.24) is 20.1 Å². The molecule has 1 amide bonds. The number of hydrogen-bond donors (Lipinski definition) is 1.